The fraction of sp³-hybridized carbons (Fsp3) is 0.517. The van der Waals surface area contributed by atoms with Crippen LogP contribution in [0.25, 0.3) is 21.8 Å². The second-order valence-electron chi connectivity index (χ2n) is 33.5. The van der Waals surface area contributed by atoms with Crippen LogP contribution in [0.5, 0.6) is 0 Å². The molecular weight excluding hydrogens is 1740 g/mol. The van der Waals surface area contributed by atoms with Crippen molar-refractivity contribution in [1.29, 1.82) is 5.41 Å². The summed E-state index contributed by atoms with van der Waals surface area (Å²) in [6, 6.07) is 3.02. The minimum Gasteiger partial charge on any atom is -0.394 e. The first-order valence-corrected chi connectivity index (χ1v) is 46.1. The Morgan fingerprint density at radius 1 is 0.545 bits per heavy atom. The van der Waals surface area contributed by atoms with Gasteiger partial charge in [0.2, 0.25) is 100 Å². The van der Waals surface area contributed by atoms with E-state index >= 15 is 24.0 Å². The zero-order valence-electron chi connectivity index (χ0n) is 75.8. The fourth-order valence-corrected chi connectivity index (χ4v) is 17.2. The molecule has 2 saturated heterocycles. The van der Waals surface area contributed by atoms with E-state index in [1.165, 1.54) is 46.8 Å². The second kappa shape index (κ2) is 50.9. The first kappa shape index (κ1) is 104. The zero-order chi connectivity index (χ0) is 96.6. The van der Waals surface area contributed by atoms with E-state index in [1.54, 1.807) is 105 Å². The lowest BCUT2D eigenvalue weighted by molar-refractivity contribution is -0.149. The first-order chi connectivity index (χ1) is 62.9. The van der Waals surface area contributed by atoms with Gasteiger partial charge in [-0.15, -0.1) is 23.1 Å². The average Bonchev–Trinajstić information content (AvgIpc) is 1.48. The smallest absolute Gasteiger partial charge is 0.246 e. The van der Waals surface area contributed by atoms with Crippen LogP contribution in [0.15, 0.2) is 103 Å². The lowest BCUT2D eigenvalue weighted by atomic mass is 10.00. The number of para-hydroxylation sites is 2. The molecule has 13 atom stereocenters. The molecule has 6 aromatic rings. The van der Waals surface area contributed by atoms with Gasteiger partial charge < -0.3 is 115 Å². The van der Waals surface area contributed by atoms with Crippen LogP contribution in [0.4, 0.5) is 0 Å². The summed E-state index contributed by atoms with van der Waals surface area (Å²) in [7, 11) is 5.26. The molecular formula is C89H125N23O18S2. The van der Waals surface area contributed by atoms with Gasteiger partial charge in [0.25, 0.3) is 0 Å². The molecule has 3 aromatic carbocycles. The number of benzene rings is 3. The molecule has 41 nitrogen and oxygen atoms in total. The standard InChI is InChI=1S/C89H125N23O18S2/c1-10-12-30-69-82(124)101-60(29-21-33-95-89(92)93)78(120)107-68(77(119)98-44-73(91)115)47-131-48-75(117)100-64(36-52-23-15-14-16-24-52)85(127)109(7)51(5)76(118)103-66(40-72(90)114)87(129)112-34-22-32-70(112)83(125)102-62(39-55-43-94-49-132-55)80(122)104-63(35-50(3)4)84(126)108(6)45-74(116)99-61(37-53-41-96-58-27-19-17-25-56(53)58)79(121)106-67(46-113)81(123)105-65(38-54-42-97-59-28-20-18-26-57(54)59)86(128)111(9)71(31-13-11-2)88(130)110(69)8/h14-20,23-28,41-43,49-51,60-71,96-97,113H,10-13,21-22,29-40,44-48H2,1-9H3,(H2,90,114)(H2,91,115)(H,98,119)(H,99,116)(H,100,117)(H,101,124)(H,102,125)(H,103,118)(H,104,122)(H,105,123)(H,106,121)(H,107,120)(H4,92,93,95)/t51-,60-,61-,62-,63-,64-,65-,66-,67-,68-,69-,70-,71-/m0/s1. The number of aromatic nitrogens is 3. The molecule has 5 heterocycles. The van der Waals surface area contributed by atoms with E-state index in [2.05, 4.69) is 73.4 Å². The Morgan fingerprint density at radius 2 is 1.08 bits per heavy atom. The van der Waals surface area contributed by atoms with Crippen LogP contribution >= 0.6 is 23.1 Å². The van der Waals surface area contributed by atoms with E-state index in [0.717, 1.165) is 47.6 Å². The number of amides is 17. The predicted molar refractivity (Wildman–Crippen MR) is 493 cm³/mol. The third-order valence-electron chi connectivity index (χ3n) is 23.0. The highest BCUT2D eigenvalue weighted by Gasteiger charge is 2.44. The monoisotopic (exact) mass is 1870 g/mol. The third-order valence-corrected chi connectivity index (χ3v) is 24.9. The fourth-order valence-electron chi connectivity index (χ4n) is 15.7. The maximum atomic E-state index is 15.7. The maximum Gasteiger partial charge on any atom is 0.246 e. The van der Waals surface area contributed by atoms with E-state index in [9.17, 15) is 62.6 Å². The predicted octanol–water partition coefficient (Wildman–Crippen LogP) is -1.40. The molecule has 0 spiro atoms. The molecule has 0 unspecified atom stereocenters. The number of nitrogens with zero attached hydrogens (tertiary/aromatic N) is 6. The van der Waals surface area contributed by atoms with Crippen LogP contribution < -0.4 is 75.7 Å². The van der Waals surface area contributed by atoms with Crippen molar-refractivity contribution in [3.05, 3.63) is 125 Å². The number of aromatic amines is 2. The molecule has 0 aliphatic carbocycles. The number of carbonyl (C=O) groups is 17. The van der Waals surface area contributed by atoms with Gasteiger partial charge in [0, 0.05) is 118 Å². The summed E-state index contributed by atoms with van der Waals surface area (Å²) in [6.07, 6.45) is 4.88. The van der Waals surface area contributed by atoms with Crippen LogP contribution in [0.2, 0.25) is 0 Å². The minimum absolute atomic E-state index is 0.00202. The molecule has 43 heteroatoms. The van der Waals surface area contributed by atoms with Crippen LogP contribution in [0.1, 0.15) is 133 Å². The van der Waals surface area contributed by atoms with Crippen LogP contribution in [0.3, 0.4) is 0 Å². The van der Waals surface area contributed by atoms with Crippen LogP contribution in [-0.4, -0.2) is 302 Å². The number of H-pyrrole nitrogens is 2. The number of hydrogen-bond acceptors (Lipinski definition) is 22. The number of carbonyl (C=O) groups excluding carboxylic acids is 17. The highest BCUT2D eigenvalue weighted by atomic mass is 32.2. The summed E-state index contributed by atoms with van der Waals surface area (Å²) >= 11 is 1.95. The topological polar surface area (TPSA) is 605 Å². The van der Waals surface area contributed by atoms with Crippen LogP contribution in [0, 0.1) is 11.3 Å². The molecule has 3 aromatic heterocycles. The number of guanidine groups is 1. The number of nitrogens with two attached hydrogens (primary N) is 3. The summed E-state index contributed by atoms with van der Waals surface area (Å²) in [5, 5.41) is 49.5. The van der Waals surface area contributed by atoms with E-state index in [-0.39, 0.29) is 89.6 Å². The second-order valence-corrected chi connectivity index (χ2v) is 35.5. The van der Waals surface area contributed by atoms with Crippen molar-refractivity contribution in [3.8, 4) is 0 Å². The Bertz CT molecular complexity index is 5050. The number of nitrogens with one attached hydrogen (secondary N) is 14. The summed E-state index contributed by atoms with van der Waals surface area (Å²) in [5.74, 6) is -17.0. The van der Waals surface area contributed by atoms with E-state index in [4.69, 9.17) is 22.6 Å². The molecule has 2 aliphatic heterocycles. The summed E-state index contributed by atoms with van der Waals surface area (Å²) in [6.45, 7) is 5.96. The highest BCUT2D eigenvalue weighted by molar-refractivity contribution is 8.00. The van der Waals surface area contributed by atoms with Gasteiger partial charge >= 0.3 is 0 Å². The number of rotatable bonds is 26. The lowest BCUT2D eigenvalue weighted by Gasteiger charge is -2.36. The Hall–Kier alpha value is -13.1. The molecule has 0 saturated carbocycles. The quantitative estimate of drug-likeness (QED) is 0.0169. The molecule has 17 amide bonds. The van der Waals surface area contributed by atoms with Gasteiger partial charge in [-0.3, -0.25) is 91.9 Å². The van der Waals surface area contributed by atoms with Crippen molar-refractivity contribution in [3.63, 3.8) is 0 Å². The van der Waals surface area contributed by atoms with Crippen molar-refractivity contribution in [2.24, 2.45) is 23.1 Å². The van der Waals surface area contributed by atoms with Crippen molar-refractivity contribution < 1.29 is 86.6 Å². The Morgan fingerprint density at radius 3 is 1.68 bits per heavy atom. The number of thioether (sulfide) groups is 1. The number of fused-ring (bicyclic) bond motifs is 3. The molecule has 132 heavy (non-hydrogen) atoms. The summed E-state index contributed by atoms with van der Waals surface area (Å²) < 4.78 is 0. The molecule has 2 aliphatic rings. The molecule has 8 rings (SSSR count). The van der Waals surface area contributed by atoms with Gasteiger partial charge in [0.1, 0.15) is 78.5 Å². The number of hydrogen-bond donors (Lipinski definition) is 18. The molecule has 0 radical (unpaired) electrons. The molecule has 2 fully saturated rings. The number of aliphatic hydroxyl groups is 1. The van der Waals surface area contributed by atoms with Crippen molar-refractivity contribution in [1.82, 2.24) is 97.9 Å². The minimum atomic E-state index is -1.85. The number of likely N-dealkylation sites (N-methyl/N-ethyl adjacent to an activating group) is 4. The first-order valence-electron chi connectivity index (χ1n) is 44.1. The lowest BCUT2D eigenvalue weighted by Crippen LogP contribution is -2.61. The van der Waals surface area contributed by atoms with E-state index in [0.29, 0.717) is 69.1 Å². The van der Waals surface area contributed by atoms with Gasteiger partial charge in [0.05, 0.1) is 37.4 Å². The Labute approximate surface area is 773 Å². The summed E-state index contributed by atoms with van der Waals surface area (Å²) in [4.78, 5) is 265. The number of unbranched alkanes of at least 4 members (excludes halogenated alkanes) is 2. The molecule has 21 N–H and O–H groups in total. The van der Waals surface area contributed by atoms with Crippen molar-refractivity contribution in [2.45, 2.75) is 216 Å². The van der Waals surface area contributed by atoms with Gasteiger partial charge in [-0.25, -0.2) is 0 Å². The third kappa shape index (κ3) is 30.3. The number of aliphatic hydroxyl groups excluding tert-OH is 1. The van der Waals surface area contributed by atoms with E-state index < -0.39 is 223 Å². The Balaban J connectivity index is 1.18. The van der Waals surface area contributed by atoms with Crippen molar-refractivity contribution in [2.75, 3.05) is 72.5 Å². The normalized spacial score (nSPS) is 23.5. The Kier molecular flexibility index (Phi) is 40.3. The van der Waals surface area contributed by atoms with Gasteiger partial charge in [0.15, 0.2) is 5.96 Å². The number of primary amides is 2. The zero-order valence-corrected chi connectivity index (χ0v) is 77.4. The van der Waals surface area contributed by atoms with Crippen molar-refractivity contribution >= 4 is 151 Å². The van der Waals surface area contributed by atoms with Gasteiger partial charge in [-0.2, -0.15) is 0 Å². The SMILES string of the molecule is CCCC[C@H]1C(=O)N(C)[C@@H](CCCC)C(=O)N[C@@H](CCCNC(=N)N)C(=O)N[C@H](C(=O)NCC(N)=O)CSCC(=O)N[C@@H](Cc2ccccc2)C(=O)N(C)[C@@H](C)C(=O)N[C@@H](CC(N)=O)C(=O)N2CCC[C@H]2C(=O)N[C@@H](Cc2cncs2)C(=O)N[C@@H](CC(C)C)C(=O)N(C)CC(=O)N[C@@H](Cc2c[nH]c3ccccc23)C(=O)N[C@@H](CO)C(=O)N[C@@H](Cc2c[nH]c3ccccc23)C(=O)N1C. The van der Waals surface area contributed by atoms with E-state index in [1.807, 2.05) is 13.8 Å². The average molecular weight is 1870 g/mol. The maximum absolute atomic E-state index is 15.7. The molecule has 0 bridgehead atoms. The largest absolute Gasteiger partial charge is 0.394 e. The molecule has 716 valence electrons. The number of thiazole rings is 1. The van der Waals surface area contributed by atoms with Crippen LogP contribution in [-0.2, 0) is 107 Å². The van der Waals surface area contributed by atoms with Gasteiger partial charge in [-0.05, 0) is 86.6 Å². The highest BCUT2D eigenvalue weighted by Crippen LogP contribution is 2.26. The summed E-state index contributed by atoms with van der Waals surface area (Å²) in [5.41, 5.74) is 21.2. The van der Waals surface area contributed by atoms with Gasteiger partial charge in [-0.1, -0.05) is 120 Å².